The molecule has 2 aromatic heterocycles. The van der Waals surface area contributed by atoms with Crippen molar-refractivity contribution in [2.75, 3.05) is 0 Å². The zero-order valence-corrected chi connectivity index (χ0v) is 11.8. The summed E-state index contributed by atoms with van der Waals surface area (Å²) in [4.78, 5) is 8.81. The molecule has 0 bridgehead atoms. The van der Waals surface area contributed by atoms with Gasteiger partial charge < -0.3 is 10.3 Å². The molecule has 0 saturated heterocycles. The number of pyridine rings is 1. The van der Waals surface area contributed by atoms with Crippen LogP contribution in [-0.2, 0) is 13.0 Å². The van der Waals surface area contributed by atoms with Crippen LogP contribution < -0.4 is 5.73 Å². The normalized spacial score (nSPS) is 10.8. The van der Waals surface area contributed by atoms with Gasteiger partial charge in [-0.3, -0.25) is 4.98 Å². The Morgan fingerprint density at radius 2 is 2.10 bits per heavy atom. The SMILES string of the molecule is CCc1cccnc1-c1noc(-c2cccc(CN)c2)n1. The minimum Gasteiger partial charge on any atom is -0.334 e. The number of aromatic nitrogens is 3. The minimum atomic E-state index is 0.480. The first-order chi connectivity index (χ1) is 10.3. The van der Waals surface area contributed by atoms with Crippen molar-refractivity contribution in [3.05, 3.63) is 53.7 Å². The lowest BCUT2D eigenvalue weighted by Gasteiger charge is -2.00. The van der Waals surface area contributed by atoms with Gasteiger partial charge in [-0.2, -0.15) is 4.98 Å². The molecule has 5 heteroatoms. The minimum absolute atomic E-state index is 0.480. The van der Waals surface area contributed by atoms with Crippen molar-refractivity contribution in [3.63, 3.8) is 0 Å². The fourth-order valence-corrected chi connectivity index (χ4v) is 2.19. The van der Waals surface area contributed by atoms with Crippen LogP contribution in [0.5, 0.6) is 0 Å². The Labute approximate surface area is 122 Å². The van der Waals surface area contributed by atoms with Gasteiger partial charge in [-0.25, -0.2) is 0 Å². The van der Waals surface area contributed by atoms with Gasteiger partial charge in [0.1, 0.15) is 5.69 Å². The van der Waals surface area contributed by atoms with Gasteiger partial charge in [0, 0.05) is 18.3 Å². The van der Waals surface area contributed by atoms with Gasteiger partial charge >= 0.3 is 0 Å². The molecule has 5 nitrogen and oxygen atoms in total. The van der Waals surface area contributed by atoms with Crippen LogP contribution in [0.25, 0.3) is 23.0 Å². The van der Waals surface area contributed by atoms with Crippen LogP contribution in [-0.4, -0.2) is 15.1 Å². The molecule has 2 N–H and O–H groups in total. The molecule has 0 aliphatic heterocycles. The summed E-state index contributed by atoms with van der Waals surface area (Å²) in [5.74, 6) is 0.994. The highest BCUT2D eigenvalue weighted by Gasteiger charge is 2.14. The molecule has 106 valence electrons. The van der Waals surface area contributed by atoms with E-state index in [-0.39, 0.29) is 0 Å². The highest BCUT2D eigenvalue weighted by atomic mass is 16.5. The van der Waals surface area contributed by atoms with Crippen molar-refractivity contribution in [2.24, 2.45) is 5.73 Å². The van der Waals surface area contributed by atoms with Crippen LogP contribution in [0, 0.1) is 0 Å². The molecule has 2 heterocycles. The highest BCUT2D eigenvalue weighted by Crippen LogP contribution is 2.23. The van der Waals surface area contributed by atoms with Crippen LogP contribution in [0.4, 0.5) is 0 Å². The van der Waals surface area contributed by atoms with Crippen molar-refractivity contribution < 1.29 is 4.52 Å². The van der Waals surface area contributed by atoms with Gasteiger partial charge in [0.25, 0.3) is 5.89 Å². The quantitative estimate of drug-likeness (QED) is 0.795. The number of nitrogens with zero attached hydrogens (tertiary/aromatic N) is 3. The summed E-state index contributed by atoms with van der Waals surface area (Å²) in [5.41, 5.74) is 9.41. The maximum Gasteiger partial charge on any atom is 0.258 e. The Morgan fingerprint density at radius 1 is 1.19 bits per heavy atom. The Balaban J connectivity index is 1.99. The zero-order valence-electron chi connectivity index (χ0n) is 11.8. The second-order valence-electron chi connectivity index (χ2n) is 4.69. The molecule has 0 unspecified atom stereocenters. The zero-order chi connectivity index (χ0) is 14.7. The van der Waals surface area contributed by atoms with E-state index in [0.29, 0.717) is 18.3 Å². The summed E-state index contributed by atoms with van der Waals surface area (Å²) in [6.07, 6.45) is 2.61. The van der Waals surface area contributed by atoms with E-state index in [9.17, 15) is 0 Å². The molecule has 0 aliphatic carbocycles. The lowest BCUT2D eigenvalue weighted by atomic mass is 10.1. The van der Waals surface area contributed by atoms with Crippen LogP contribution >= 0.6 is 0 Å². The molecular weight excluding hydrogens is 264 g/mol. The molecule has 21 heavy (non-hydrogen) atoms. The Hall–Kier alpha value is -2.53. The van der Waals surface area contributed by atoms with Gasteiger partial charge in [-0.15, -0.1) is 0 Å². The summed E-state index contributed by atoms with van der Waals surface area (Å²) < 4.78 is 5.36. The lowest BCUT2D eigenvalue weighted by molar-refractivity contribution is 0.432. The number of rotatable bonds is 4. The fraction of sp³-hybridized carbons (Fsp3) is 0.188. The molecule has 3 rings (SSSR count). The number of nitrogens with two attached hydrogens (primary N) is 1. The second-order valence-corrected chi connectivity index (χ2v) is 4.69. The summed E-state index contributed by atoms with van der Waals surface area (Å²) in [7, 11) is 0. The van der Waals surface area contributed by atoms with Crippen molar-refractivity contribution in [1.29, 1.82) is 0 Å². The highest BCUT2D eigenvalue weighted by molar-refractivity contribution is 5.60. The van der Waals surface area contributed by atoms with E-state index in [2.05, 4.69) is 22.0 Å². The predicted octanol–water partition coefficient (Wildman–Crippen LogP) is 2.82. The van der Waals surface area contributed by atoms with Crippen LogP contribution in [0.2, 0.25) is 0 Å². The van der Waals surface area contributed by atoms with Crippen molar-refractivity contribution >= 4 is 0 Å². The third-order valence-electron chi connectivity index (χ3n) is 3.32. The fourth-order valence-electron chi connectivity index (χ4n) is 2.19. The molecule has 0 fully saturated rings. The van der Waals surface area contributed by atoms with Crippen molar-refractivity contribution in [1.82, 2.24) is 15.1 Å². The molecule has 0 radical (unpaired) electrons. The maximum absolute atomic E-state index is 5.65. The van der Waals surface area contributed by atoms with E-state index < -0.39 is 0 Å². The first kappa shape index (κ1) is 13.5. The maximum atomic E-state index is 5.65. The largest absolute Gasteiger partial charge is 0.334 e. The third kappa shape index (κ3) is 2.68. The third-order valence-corrected chi connectivity index (χ3v) is 3.32. The molecule has 1 aromatic carbocycles. The van der Waals surface area contributed by atoms with Gasteiger partial charge in [0.05, 0.1) is 0 Å². The second kappa shape index (κ2) is 5.85. The molecule has 0 spiro atoms. The standard InChI is InChI=1S/C16H16N4O/c1-2-12-7-4-8-18-14(12)15-19-16(21-20-15)13-6-3-5-11(9-13)10-17/h3-9H,2,10,17H2,1H3. The van der Waals surface area contributed by atoms with Gasteiger partial charge in [-0.05, 0) is 35.7 Å². The van der Waals surface area contributed by atoms with E-state index in [4.69, 9.17) is 10.3 Å². The van der Waals surface area contributed by atoms with E-state index >= 15 is 0 Å². The smallest absolute Gasteiger partial charge is 0.258 e. The molecule has 0 saturated carbocycles. The van der Waals surface area contributed by atoms with Crippen molar-refractivity contribution in [2.45, 2.75) is 19.9 Å². The average molecular weight is 280 g/mol. The van der Waals surface area contributed by atoms with Gasteiger partial charge in [0.2, 0.25) is 5.82 Å². The van der Waals surface area contributed by atoms with Gasteiger partial charge in [0.15, 0.2) is 0 Å². The summed E-state index contributed by atoms with van der Waals surface area (Å²) in [6.45, 7) is 2.56. The number of benzene rings is 1. The van der Waals surface area contributed by atoms with E-state index in [1.54, 1.807) is 6.20 Å². The monoisotopic (exact) mass is 280 g/mol. The van der Waals surface area contributed by atoms with E-state index in [1.165, 1.54) is 0 Å². The predicted molar refractivity (Wildman–Crippen MR) is 80.2 cm³/mol. The number of aryl methyl sites for hydroxylation is 1. The molecule has 0 amide bonds. The number of hydrogen-bond acceptors (Lipinski definition) is 5. The Morgan fingerprint density at radius 3 is 2.90 bits per heavy atom. The molecule has 3 aromatic rings. The van der Waals surface area contributed by atoms with Crippen LogP contribution in [0.1, 0.15) is 18.1 Å². The van der Waals surface area contributed by atoms with Crippen molar-refractivity contribution in [3.8, 4) is 23.0 Å². The summed E-state index contributed by atoms with van der Waals surface area (Å²) >= 11 is 0. The summed E-state index contributed by atoms with van der Waals surface area (Å²) in [6, 6.07) is 11.7. The van der Waals surface area contributed by atoms with Gasteiger partial charge in [-0.1, -0.05) is 30.3 Å². The average Bonchev–Trinajstić information content (AvgIpc) is 3.04. The van der Waals surface area contributed by atoms with Crippen LogP contribution in [0.3, 0.4) is 0 Å². The number of hydrogen-bond donors (Lipinski definition) is 1. The first-order valence-electron chi connectivity index (χ1n) is 6.89. The Kier molecular flexibility index (Phi) is 3.75. The van der Waals surface area contributed by atoms with E-state index in [0.717, 1.165) is 28.8 Å². The lowest BCUT2D eigenvalue weighted by Crippen LogP contribution is -1.95. The molecule has 0 atom stereocenters. The molecular formula is C16H16N4O. The van der Waals surface area contributed by atoms with E-state index in [1.807, 2.05) is 36.4 Å². The molecule has 0 aliphatic rings. The first-order valence-corrected chi connectivity index (χ1v) is 6.89. The summed E-state index contributed by atoms with van der Waals surface area (Å²) in [5, 5.41) is 4.05. The Bertz CT molecular complexity index is 751. The topological polar surface area (TPSA) is 77.8 Å². The van der Waals surface area contributed by atoms with Crippen LogP contribution in [0.15, 0.2) is 47.1 Å².